The van der Waals surface area contributed by atoms with E-state index < -0.39 is 0 Å². The molecule has 0 spiro atoms. The van der Waals surface area contributed by atoms with E-state index in [1.54, 1.807) is 30.7 Å². The summed E-state index contributed by atoms with van der Waals surface area (Å²) < 4.78 is 0. The van der Waals surface area contributed by atoms with Gasteiger partial charge in [0.25, 0.3) is 5.91 Å². The Morgan fingerprint density at radius 3 is 3.00 bits per heavy atom. The van der Waals surface area contributed by atoms with Crippen LogP contribution in [0.5, 0.6) is 0 Å². The number of fused-ring (bicyclic) bond motifs is 1. The molecule has 0 N–H and O–H groups in total. The number of nitrogens with zero attached hydrogens (tertiary/aromatic N) is 3. The van der Waals surface area contributed by atoms with Gasteiger partial charge in [-0.05, 0) is 35.7 Å². The number of carbonyl (C=O) groups excluding carboxylic acids is 1. The lowest BCUT2D eigenvalue weighted by atomic mass is 10.0. The zero-order valence-corrected chi connectivity index (χ0v) is 11.0. The van der Waals surface area contributed by atoms with Crippen molar-refractivity contribution in [2.24, 2.45) is 0 Å². The quantitative estimate of drug-likeness (QED) is 0.749. The average molecular weight is 274 g/mol. The number of pyridine rings is 2. The van der Waals surface area contributed by atoms with Crippen molar-refractivity contribution in [3.8, 4) is 0 Å². The minimum Gasteiger partial charge on any atom is -0.334 e. The average Bonchev–Trinajstić information content (AvgIpc) is 2.47. The Hall–Kier alpha value is -1.94. The van der Waals surface area contributed by atoms with Gasteiger partial charge in [0.1, 0.15) is 5.15 Å². The van der Waals surface area contributed by atoms with Gasteiger partial charge in [-0.3, -0.25) is 9.78 Å². The maximum atomic E-state index is 12.3. The highest BCUT2D eigenvalue weighted by Crippen LogP contribution is 2.21. The van der Waals surface area contributed by atoms with E-state index in [0.717, 1.165) is 12.0 Å². The Morgan fingerprint density at radius 2 is 2.21 bits per heavy atom. The molecule has 1 amide bonds. The SMILES string of the molecule is O=C(c1cccnc1)N1CCc2cc(Cl)ncc2C1. The summed E-state index contributed by atoms with van der Waals surface area (Å²) in [5.41, 5.74) is 2.86. The third-order valence-electron chi connectivity index (χ3n) is 3.26. The first-order valence-corrected chi connectivity index (χ1v) is 6.44. The van der Waals surface area contributed by atoms with E-state index in [4.69, 9.17) is 11.6 Å². The van der Waals surface area contributed by atoms with E-state index in [2.05, 4.69) is 9.97 Å². The molecule has 0 radical (unpaired) electrons. The smallest absolute Gasteiger partial charge is 0.255 e. The molecule has 1 aliphatic heterocycles. The molecule has 1 aliphatic rings. The first-order valence-electron chi connectivity index (χ1n) is 6.06. The van der Waals surface area contributed by atoms with Crippen molar-refractivity contribution in [3.63, 3.8) is 0 Å². The lowest BCUT2D eigenvalue weighted by Gasteiger charge is -2.28. The van der Waals surface area contributed by atoms with Crippen LogP contribution in [0, 0.1) is 0 Å². The lowest BCUT2D eigenvalue weighted by molar-refractivity contribution is 0.0734. The number of halogens is 1. The molecule has 0 bridgehead atoms. The number of rotatable bonds is 1. The third kappa shape index (κ3) is 2.44. The first-order chi connectivity index (χ1) is 9.24. The molecule has 96 valence electrons. The normalized spacial score (nSPS) is 14.1. The van der Waals surface area contributed by atoms with Crippen molar-refractivity contribution in [1.29, 1.82) is 0 Å². The molecule has 0 aromatic carbocycles. The topological polar surface area (TPSA) is 46.1 Å². The maximum absolute atomic E-state index is 12.3. The molecule has 2 aromatic rings. The van der Waals surface area contributed by atoms with E-state index in [9.17, 15) is 4.79 Å². The molecule has 3 rings (SSSR count). The Kier molecular flexibility index (Phi) is 3.17. The van der Waals surface area contributed by atoms with Crippen LogP contribution in [0.3, 0.4) is 0 Å². The monoisotopic (exact) mass is 273 g/mol. The number of aromatic nitrogens is 2. The Morgan fingerprint density at radius 1 is 1.32 bits per heavy atom. The van der Waals surface area contributed by atoms with Gasteiger partial charge in [0, 0.05) is 31.7 Å². The standard InChI is InChI=1S/C14H12ClN3O/c15-13-6-10-3-5-18(9-12(10)8-17-13)14(19)11-2-1-4-16-7-11/h1-2,4,6-8H,3,5,9H2. The van der Waals surface area contributed by atoms with Crippen molar-refractivity contribution in [2.45, 2.75) is 13.0 Å². The summed E-state index contributed by atoms with van der Waals surface area (Å²) in [4.78, 5) is 22.2. The van der Waals surface area contributed by atoms with Crippen LogP contribution in [0.4, 0.5) is 0 Å². The molecule has 4 nitrogen and oxygen atoms in total. The van der Waals surface area contributed by atoms with Crippen molar-refractivity contribution in [3.05, 3.63) is 58.6 Å². The first kappa shape index (κ1) is 12.1. The predicted molar refractivity (Wildman–Crippen MR) is 71.9 cm³/mol. The van der Waals surface area contributed by atoms with Crippen molar-refractivity contribution < 1.29 is 4.79 Å². The van der Waals surface area contributed by atoms with Gasteiger partial charge in [0.2, 0.25) is 0 Å². The van der Waals surface area contributed by atoms with E-state index in [1.807, 2.05) is 11.0 Å². The van der Waals surface area contributed by atoms with Crippen molar-refractivity contribution in [2.75, 3.05) is 6.54 Å². The summed E-state index contributed by atoms with van der Waals surface area (Å²) in [6.45, 7) is 1.27. The summed E-state index contributed by atoms with van der Waals surface area (Å²) in [7, 11) is 0. The Balaban J connectivity index is 1.82. The fourth-order valence-corrected chi connectivity index (χ4v) is 2.44. The second kappa shape index (κ2) is 4.97. The highest BCUT2D eigenvalue weighted by molar-refractivity contribution is 6.29. The molecular formula is C14H12ClN3O. The molecular weight excluding hydrogens is 262 g/mol. The van der Waals surface area contributed by atoms with Crippen LogP contribution in [-0.4, -0.2) is 27.3 Å². The summed E-state index contributed by atoms with van der Waals surface area (Å²) in [6, 6.07) is 5.43. The molecule has 0 saturated carbocycles. The molecule has 19 heavy (non-hydrogen) atoms. The van der Waals surface area contributed by atoms with Crippen LogP contribution in [0.15, 0.2) is 36.8 Å². The zero-order valence-electron chi connectivity index (χ0n) is 10.2. The number of hydrogen-bond donors (Lipinski definition) is 0. The maximum Gasteiger partial charge on any atom is 0.255 e. The van der Waals surface area contributed by atoms with Crippen molar-refractivity contribution in [1.82, 2.24) is 14.9 Å². The predicted octanol–water partition coefficient (Wildman–Crippen LogP) is 2.33. The van der Waals surface area contributed by atoms with Gasteiger partial charge in [0.05, 0.1) is 5.56 Å². The van der Waals surface area contributed by atoms with Crippen molar-refractivity contribution >= 4 is 17.5 Å². The van der Waals surface area contributed by atoms with Crippen LogP contribution in [-0.2, 0) is 13.0 Å². The van der Waals surface area contributed by atoms with Gasteiger partial charge in [0.15, 0.2) is 0 Å². The molecule has 0 saturated heterocycles. The minimum absolute atomic E-state index is 0.00806. The largest absolute Gasteiger partial charge is 0.334 e. The lowest BCUT2D eigenvalue weighted by Crippen LogP contribution is -2.36. The Bertz CT molecular complexity index is 615. The number of carbonyl (C=O) groups is 1. The number of amides is 1. The molecule has 0 atom stereocenters. The van der Waals surface area contributed by atoms with Crippen LogP contribution in [0.1, 0.15) is 21.5 Å². The van der Waals surface area contributed by atoms with E-state index in [0.29, 0.717) is 23.8 Å². The molecule has 0 aliphatic carbocycles. The van der Waals surface area contributed by atoms with E-state index in [1.165, 1.54) is 5.56 Å². The highest BCUT2D eigenvalue weighted by Gasteiger charge is 2.22. The molecule has 5 heteroatoms. The summed E-state index contributed by atoms with van der Waals surface area (Å²) in [6.07, 6.45) is 5.82. The summed E-state index contributed by atoms with van der Waals surface area (Å²) in [5, 5.41) is 0.505. The molecule has 2 aromatic heterocycles. The van der Waals surface area contributed by atoms with Crippen LogP contribution in [0.25, 0.3) is 0 Å². The van der Waals surface area contributed by atoms with Crippen LogP contribution >= 0.6 is 11.6 Å². The summed E-state index contributed by atoms with van der Waals surface area (Å²) >= 11 is 5.87. The molecule has 0 unspecified atom stereocenters. The van der Waals surface area contributed by atoms with Gasteiger partial charge in [-0.1, -0.05) is 11.6 Å². The minimum atomic E-state index is 0.00806. The van der Waals surface area contributed by atoms with Gasteiger partial charge in [-0.25, -0.2) is 4.98 Å². The Labute approximate surface area is 116 Å². The van der Waals surface area contributed by atoms with Gasteiger partial charge >= 0.3 is 0 Å². The van der Waals surface area contributed by atoms with Gasteiger partial charge in [-0.2, -0.15) is 0 Å². The van der Waals surface area contributed by atoms with Crippen LogP contribution < -0.4 is 0 Å². The van der Waals surface area contributed by atoms with Gasteiger partial charge in [-0.15, -0.1) is 0 Å². The molecule has 3 heterocycles. The van der Waals surface area contributed by atoms with E-state index >= 15 is 0 Å². The van der Waals surface area contributed by atoms with Gasteiger partial charge < -0.3 is 4.90 Å². The summed E-state index contributed by atoms with van der Waals surface area (Å²) in [5.74, 6) is 0.00806. The van der Waals surface area contributed by atoms with Crippen LogP contribution in [0.2, 0.25) is 5.15 Å². The van der Waals surface area contributed by atoms with E-state index in [-0.39, 0.29) is 5.91 Å². The fourth-order valence-electron chi connectivity index (χ4n) is 2.26. The fraction of sp³-hybridized carbons (Fsp3) is 0.214. The molecule has 0 fully saturated rings. The number of hydrogen-bond acceptors (Lipinski definition) is 3. The second-order valence-corrected chi connectivity index (χ2v) is 4.88. The second-order valence-electron chi connectivity index (χ2n) is 4.49. The zero-order chi connectivity index (χ0) is 13.2. The third-order valence-corrected chi connectivity index (χ3v) is 3.46. The highest BCUT2D eigenvalue weighted by atomic mass is 35.5.